The van der Waals surface area contributed by atoms with E-state index in [0.717, 1.165) is 18.7 Å². The summed E-state index contributed by atoms with van der Waals surface area (Å²) in [6, 6.07) is 5.32. The first-order valence-electron chi connectivity index (χ1n) is 7.63. The molecule has 0 aliphatic heterocycles. The first-order valence-corrected chi connectivity index (χ1v) is 8.01. The average molecular weight is 335 g/mol. The molecule has 0 bridgehead atoms. The molecule has 1 fully saturated rings. The molecule has 1 amide bonds. The number of carbonyl (C=O) groups excluding carboxylic acids is 1. The molecule has 0 radical (unpaired) electrons. The van der Waals surface area contributed by atoms with Crippen LogP contribution in [0.2, 0.25) is 5.02 Å². The Kier molecular flexibility index (Phi) is 4.58. The van der Waals surface area contributed by atoms with Gasteiger partial charge in [-0.1, -0.05) is 18.5 Å². The Morgan fingerprint density at radius 2 is 2.26 bits per heavy atom. The van der Waals surface area contributed by atoms with Crippen LogP contribution in [0, 0.1) is 5.92 Å². The van der Waals surface area contributed by atoms with E-state index in [2.05, 4.69) is 26.2 Å². The molecule has 1 aliphatic rings. The molecule has 0 spiro atoms. The van der Waals surface area contributed by atoms with Crippen molar-refractivity contribution >= 4 is 23.2 Å². The van der Waals surface area contributed by atoms with Crippen molar-refractivity contribution in [1.29, 1.82) is 0 Å². The maximum absolute atomic E-state index is 12.1. The molecule has 1 heterocycles. The molecule has 7 nitrogen and oxygen atoms in total. The topological polar surface area (TPSA) is 84.7 Å². The number of hydrogen-bond acceptors (Lipinski definition) is 5. The highest BCUT2D eigenvalue weighted by Gasteiger charge is 2.30. The van der Waals surface area contributed by atoms with E-state index in [4.69, 9.17) is 11.6 Å². The number of hydrogen-bond donors (Lipinski definition) is 2. The standard InChI is InChI=1S/C15H19ClN6O/c1-9(8-17-2)15(23)18-11-5-6-12(16)13(7-11)22-14(10-3-4-10)19-20-21-22/h5-7,9-10,17H,3-4,8H2,1-2H3,(H,18,23). The lowest BCUT2D eigenvalue weighted by Crippen LogP contribution is -2.28. The largest absolute Gasteiger partial charge is 0.326 e. The maximum atomic E-state index is 12.1. The second-order valence-electron chi connectivity index (χ2n) is 5.84. The van der Waals surface area contributed by atoms with E-state index >= 15 is 0 Å². The summed E-state index contributed by atoms with van der Waals surface area (Å²) >= 11 is 6.29. The van der Waals surface area contributed by atoms with E-state index in [-0.39, 0.29) is 11.8 Å². The Morgan fingerprint density at radius 3 is 2.96 bits per heavy atom. The summed E-state index contributed by atoms with van der Waals surface area (Å²) in [5.41, 5.74) is 1.35. The van der Waals surface area contributed by atoms with Crippen molar-refractivity contribution in [2.75, 3.05) is 18.9 Å². The third-order valence-electron chi connectivity index (χ3n) is 3.84. The number of carbonyl (C=O) groups is 1. The van der Waals surface area contributed by atoms with Gasteiger partial charge in [-0.25, -0.2) is 0 Å². The normalized spacial score (nSPS) is 15.4. The highest BCUT2D eigenvalue weighted by atomic mass is 35.5. The molecule has 2 N–H and O–H groups in total. The minimum absolute atomic E-state index is 0.0493. The molecule has 0 saturated heterocycles. The van der Waals surface area contributed by atoms with E-state index in [0.29, 0.717) is 28.9 Å². The van der Waals surface area contributed by atoms with Crippen molar-refractivity contribution < 1.29 is 4.79 Å². The summed E-state index contributed by atoms with van der Waals surface area (Å²) in [7, 11) is 1.82. The summed E-state index contributed by atoms with van der Waals surface area (Å²) in [6.45, 7) is 2.49. The van der Waals surface area contributed by atoms with Crippen molar-refractivity contribution in [3.8, 4) is 5.69 Å². The van der Waals surface area contributed by atoms with E-state index in [9.17, 15) is 4.79 Å². The number of amides is 1. The molecule has 1 unspecified atom stereocenters. The fraction of sp³-hybridized carbons (Fsp3) is 0.467. The number of tetrazole rings is 1. The fourth-order valence-corrected chi connectivity index (χ4v) is 2.58. The number of anilines is 1. The SMILES string of the molecule is CNCC(C)C(=O)Nc1ccc(Cl)c(-n2nnnc2C2CC2)c1. The van der Waals surface area contributed by atoms with Crippen LogP contribution >= 0.6 is 11.6 Å². The lowest BCUT2D eigenvalue weighted by Gasteiger charge is -2.13. The second kappa shape index (κ2) is 6.64. The van der Waals surface area contributed by atoms with Crippen molar-refractivity contribution in [2.24, 2.45) is 5.92 Å². The molecule has 2 aromatic rings. The summed E-state index contributed by atoms with van der Waals surface area (Å²) < 4.78 is 1.66. The molecule has 3 rings (SSSR count). The Hall–Kier alpha value is -1.99. The van der Waals surface area contributed by atoms with Crippen molar-refractivity contribution in [3.63, 3.8) is 0 Å². The summed E-state index contributed by atoms with van der Waals surface area (Å²) in [4.78, 5) is 12.1. The summed E-state index contributed by atoms with van der Waals surface area (Å²) in [5.74, 6) is 1.04. The van der Waals surface area contributed by atoms with Gasteiger partial charge in [0, 0.05) is 24.1 Å². The number of rotatable bonds is 6. The van der Waals surface area contributed by atoms with Crippen LogP contribution < -0.4 is 10.6 Å². The Morgan fingerprint density at radius 1 is 1.48 bits per heavy atom. The summed E-state index contributed by atoms with van der Waals surface area (Å²) in [5, 5.41) is 18.3. The van der Waals surface area contributed by atoms with Crippen LogP contribution in [-0.2, 0) is 4.79 Å². The number of halogens is 1. The molecule has 1 aliphatic carbocycles. The lowest BCUT2D eigenvalue weighted by molar-refractivity contribution is -0.119. The molecular weight excluding hydrogens is 316 g/mol. The van der Waals surface area contributed by atoms with E-state index < -0.39 is 0 Å². The molecular formula is C15H19ClN6O. The molecule has 1 atom stereocenters. The summed E-state index contributed by atoms with van der Waals surface area (Å²) in [6.07, 6.45) is 2.19. The first kappa shape index (κ1) is 15.9. The highest BCUT2D eigenvalue weighted by molar-refractivity contribution is 6.32. The number of benzene rings is 1. The van der Waals surface area contributed by atoms with Gasteiger partial charge in [0.25, 0.3) is 0 Å². The predicted octanol–water partition coefficient (Wildman–Crippen LogP) is 1.99. The van der Waals surface area contributed by atoms with E-state index in [1.54, 1.807) is 22.9 Å². The van der Waals surface area contributed by atoms with Crippen LogP contribution in [0.25, 0.3) is 5.69 Å². The smallest absolute Gasteiger partial charge is 0.228 e. The van der Waals surface area contributed by atoms with Crippen LogP contribution in [0.1, 0.15) is 31.5 Å². The van der Waals surface area contributed by atoms with Crippen molar-refractivity contribution in [3.05, 3.63) is 29.0 Å². The van der Waals surface area contributed by atoms with Gasteiger partial charge in [0.05, 0.1) is 10.7 Å². The third-order valence-corrected chi connectivity index (χ3v) is 4.16. The lowest BCUT2D eigenvalue weighted by atomic mass is 10.1. The van der Waals surface area contributed by atoms with Gasteiger partial charge in [-0.2, -0.15) is 4.68 Å². The molecule has 1 aromatic heterocycles. The van der Waals surface area contributed by atoms with Crippen LogP contribution in [0.4, 0.5) is 5.69 Å². The minimum Gasteiger partial charge on any atom is -0.326 e. The number of nitrogens with zero attached hydrogens (tertiary/aromatic N) is 4. The van der Waals surface area contributed by atoms with Gasteiger partial charge in [0.1, 0.15) is 0 Å². The van der Waals surface area contributed by atoms with E-state index in [1.807, 2.05) is 14.0 Å². The van der Waals surface area contributed by atoms with Gasteiger partial charge < -0.3 is 10.6 Å². The van der Waals surface area contributed by atoms with Gasteiger partial charge >= 0.3 is 0 Å². The molecule has 1 aromatic carbocycles. The van der Waals surface area contributed by atoms with Gasteiger partial charge in [0.2, 0.25) is 5.91 Å². The van der Waals surface area contributed by atoms with Crippen LogP contribution in [0.15, 0.2) is 18.2 Å². The van der Waals surface area contributed by atoms with Crippen LogP contribution in [0.5, 0.6) is 0 Å². The van der Waals surface area contributed by atoms with Gasteiger partial charge in [-0.15, -0.1) is 5.10 Å². The zero-order valence-corrected chi connectivity index (χ0v) is 13.8. The Bertz CT molecular complexity index is 712. The van der Waals surface area contributed by atoms with Crippen LogP contribution in [0.3, 0.4) is 0 Å². The minimum atomic E-state index is -0.130. The predicted molar refractivity (Wildman–Crippen MR) is 87.9 cm³/mol. The number of aromatic nitrogens is 4. The van der Waals surface area contributed by atoms with E-state index in [1.165, 1.54) is 0 Å². The van der Waals surface area contributed by atoms with Gasteiger partial charge in [0.15, 0.2) is 5.82 Å². The molecule has 8 heteroatoms. The Balaban J connectivity index is 1.84. The highest BCUT2D eigenvalue weighted by Crippen LogP contribution is 2.39. The molecule has 23 heavy (non-hydrogen) atoms. The quantitative estimate of drug-likeness (QED) is 0.844. The van der Waals surface area contributed by atoms with Crippen molar-refractivity contribution in [2.45, 2.75) is 25.7 Å². The van der Waals surface area contributed by atoms with Crippen molar-refractivity contribution in [1.82, 2.24) is 25.5 Å². The zero-order valence-electron chi connectivity index (χ0n) is 13.1. The first-order chi connectivity index (χ1) is 11.1. The third kappa shape index (κ3) is 3.51. The number of nitrogens with one attached hydrogen (secondary N) is 2. The van der Waals surface area contributed by atoms with Crippen LogP contribution in [-0.4, -0.2) is 39.7 Å². The fourth-order valence-electron chi connectivity index (χ4n) is 2.38. The molecule has 1 saturated carbocycles. The Labute approximate surface area is 139 Å². The monoisotopic (exact) mass is 334 g/mol. The maximum Gasteiger partial charge on any atom is 0.228 e. The van der Waals surface area contributed by atoms with Gasteiger partial charge in [-0.05, 0) is 48.5 Å². The van der Waals surface area contributed by atoms with Gasteiger partial charge in [-0.3, -0.25) is 4.79 Å². The second-order valence-corrected chi connectivity index (χ2v) is 6.24. The molecule has 122 valence electrons. The zero-order chi connectivity index (χ0) is 16.4. The average Bonchev–Trinajstić information content (AvgIpc) is 3.27.